The maximum absolute atomic E-state index is 6.12. The highest BCUT2D eigenvalue weighted by Gasteiger charge is 2.16. The third-order valence-corrected chi connectivity index (χ3v) is 3.77. The van der Waals surface area contributed by atoms with Crippen LogP contribution in [0.4, 0.5) is 0 Å². The molecule has 1 N–H and O–H groups in total. The Kier molecular flexibility index (Phi) is 3.81. The van der Waals surface area contributed by atoms with Crippen LogP contribution in [0.15, 0.2) is 36.4 Å². The maximum atomic E-state index is 6.12. The van der Waals surface area contributed by atoms with Gasteiger partial charge in [-0.1, -0.05) is 35.9 Å². The normalized spacial score (nSPS) is 12.7. The van der Waals surface area contributed by atoms with Gasteiger partial charge in [-0.15, -0.1) is 0 Å². The van der Waals surface area contributed by atoms with E-state index in [4.69, 9.17) is 21.1 Å². The van der Waals surface area contributed by atoms with Crippen molar-refractivity contribution in [1.82, 2.24) is 5.32 Å². The number of fused-ring (bicyclic) bond motifs is 1. The van der Waals surface area contributed by atoms with Gasteiger partial charge in [0.1, 0.15) is 0 Å². The molecule has 3 nitrogen and oxygen atoms in total. The zero-order valence-electron chi connectivity index (χ0n) is 11.3. The molecule has 4 heteroatoms. The second kappa shape index (κ2) is 5.73. The molecule has 2 aromatic carbocycles. The number of hydrogen-bond acceptors (Lipinski definition) is 3. The minimum absolute atomic E-state index is 0.305. The lowest BCUT2D eigenvalue weighted by atomic mass is 10.1. The van der Waals surface area contributed by atoms with Crippen molar-refractivity contribution in [2.75, 3.05) is 6.79 Å². The van der Waals surface area contributed by atoms with E-state index in [0.29, 0.717) is 6.79 Å². The lowest BCUT2D eigenvalue weighted by molar-refractivity contribution is 0.173. The summed E-state index contributed by atoms with van der Waals surface area (Å²) in [4.78, 5) is 0. The van der Waals surface area contributed by atoms with Crippen molar-refractivity contribution in [1.29, 1.82) is 0 Å². The second-order valence-electron chi connectivity index (χ2n) is 4.84. The van der Waals surface area contributed by atoms with Gasteiger partial charge in [-0.05, 0) is 30.2 Å². The topological polar surface area (TPSA) is 30.5 Å². The SMILES string of the molecule is Cc1ccc(CNCc2cccc3c2OCO3)cc1Cl. The van der Waals surface area contributed by atoms with Crippen molar-refractivity contribution < 1.29 is 9.47 Å². The van der Waals surface area contributed by atoms with Crippen LogP contribution in [0.3, 0.4) is 0 Å². The molecule has 0 unspecified atom stereocenters. The van der Waals surface area contributed by atoms with E-state index in [1.54, 1.807) is 0 Å². The fraction of sp³-hybridized carbons (Fsp3) is 0.250. The standard InChI is InChI=1S/C16H16ClNO2/c1-11-5-6-12(7-14(11)17)8-18-9-13-3-2-4-15-16(13)20-10-19-15/h2-7,18H,8-10H2,1H3. The molecule has 1 aliphatic heterocycles. The predicted octanol–water partition coefficient (Wildman–Crippen LogP) is 3.67. The molecule has 0 atom stereocenters. The molecule has 104 valence electrons. The van der Waals surface area contributed by atoms with Crippen molar-refractivity contribution in [2.24, 2.45) is 0 Å². The highest BCUT2D eigenvalue weighted by atomic mass is 35.5. The number of aryl methyl sites for hydroxylation is 1. The summed E-state index contributed by atoms with van der Waals surface area (Å²) < 4.78 is 10.8. The fourth-order valence-corrected chi connectivity index (χ4v) is 2.42. The lowest BCUT2D eigenvalue weighted by Gasteiger charge is -2.08. The molecule has 3 rings (SSSR count). The Hall–Kier alpha value is -1.71. The molecule has 0 aliphatic carbocycles. The summed E-state index contributed by atoms with van der Waals surface area (Å²) in [6.07, 6.45) is 0. The summed E-state index contributed by atoms with van der Waals surface area (Å²) in [5.74, 6) is 1.67. The van der Waals surface area contributed by atoms with Crippen molar-refractivity contribution in [3.05, 3.63) is 58.1 Å². The van der Waals surface area contributed by atoms with Crippen molar-refractivity contribution >= 4 is 11.6 Å². The molecule has 0 saturated heterocycles. The van der Waals surface area contributed by atoms with Gasteiger partial charge in [0.2, 0.25) is 6.79 Å². The van der Waals surface area contributed by atoms with Gasteiger partial charge in [-0.25, -0.2) is 0 Å². The van der Waals surface area contributed by atoms with E-state index >= 15 is 0 Å². The number of benzene rings is 2. The van der Waals surface area contributed by atoms with Crippen molar-refractivity contribution in [3.8, 4) is 11.5 Å². The zero-order chi connectivity index (χ0) is 13.9. The van der Waals surface area contributed by atoms with Crippen LogP contribution in [0.1, 0.15) is 16.7 Å². The molecule has 1 aliphatic rings. The third kappa shape index (κ3) is 2.74. The van der Waals surface area contributed by atoms with Crippen LogP contribution in [0.25, 0.3) is 0 Å². The van der Waals surface area contributed by atoms with Gasteiger partial charge in [-0.3, -0.25) is 0 Å². The van der Waals surface area contributed by atoms with Gasteiger partial charge in [0.15, 0.2) is 11.5 Å². The third-order valence-electron chi connectivity index (χ3n) is 3.36. The number of hydrogen-bond donors (Lipinski definition) is 1. The first-order valence-corrected chi connectivity index (χ1v) is 6.95. The minimum atomic E-state index is 0.305. The predicted molar refractivity (Wildman–Crippen MR) is 79.3 cm³/mol. The van der Waals surface area contributed by atoms with Gasteiger partial charge in [0.25, 0.3) is 0 Å². The average Bonchev–Trinajstić information content (AvgIpc) is 2.92. The van der Waals surface area contributed by atoms with E-state index in [-0.39, 0.29) is 0 Å². The van der Waals surface area contributed by atoms with E-state index < -0.39 is 0 Å². The van der Waals surface area contributed by atoms with Gasteiger partial charge in [0.05, 0.1) is 0 Å². The van der Waals surface area contributed by atoms with Crippen LogP contribution in [0.5, 0.6) is 11.5 Å². The van der Waals surface area contributed by atoms with Gasteiger partial charge in [0, 0.05) is 23.7 Å². The first-order chi connectivity index (χ1) is 9.74. The molecular formula is C16H16ClNO2. The molecular weight excluding hydrogens is 274 g/mol. The lowest BCUT2D eigenvalue weighted by Crippen LogP contribution is -2.13. The van der Waals surface area contributed by atoms with Crippen molar-refractivity contribution in [3.63, 3.8) is 0 Å². The van der Waals surface area contributed by atoms with Gasteiger partial charge in [-0.2, -0.15) is 0 Å². The highest BCUT2D eigenvalue weighted by molar-refractivity contribution is 6.31. The van der Waals surface area contributed by atoms with E-state index in [1.807, 2.05) is 37.3 Å². The zero-order valence-corrected chi connectivity index (χ0v) is 12.0. The Morgan fingerprint density at radius 2 is 2.05 bits per heavy atom. The van der Waals surface area contributed by atoms with Crippen LogP contribution in [0.2, 0.25) is 5.02 Å². The summed E-state index contributed by atoms with van der Waals surface area (Å²) in [6.45, 7) is 3.81. The van der Waals surface area contributed by atoms with Gasteiger partial charge < -0.3 is 14.8 Å². The van der Waals surface area contributed by atoms with E-state index in [9.17, 15) is 0 Å². The molecule has 0 spiro atoms. The second-order valence-corrected chi connectivity index (χ2v) is 5.25. The number of rotatable bonds is 4. The summed E-state index contributed by atoms with van der Waals surface area (Å²) >= 11 is 6.12. The van der Waals surface area contributed by atoms with Crippen LogP contribution < -0.4 is 14.8 Å². The Morgan fingerprint density at radius 3 is 2.90 bits per heavy atom. The Labute approximate surface area is 123 Å². The van der Waals surface area contributed by atoms with E-state index in [1.165, 1.54) is 5.56 Å². The molecule has 2 aromatic rings. The molecule has 0 saturated carbocycles. The average molecular weight is 290 g/mol. The number of para-hydroxylation sites is 1. The fourth-order valence-electron chi connectivity index (χ4n) is 2.22. The molecule has 0 amide bonds. The van der Waals surface area contributed by atoms with Crippen LogP contribution in [0, 0.1) is 6.92 Å². The summed E-state index contributed by atoms with van der Waals surface area (Å²) in [6, 6.07) is 12.1. The first-order valence-electron chi connectivity index (χ1n) is 6.57. The number of nitrogens with one attached hydrogen (secondary N) is 1. The van der Waals surface area contributed by atoms with Crippen LogP contribution in [-0.4, -0.2) is 6.79 Å². The van der Waals surface area contributed by atoms with E-state index in [0.717, 1.165) is 40.7 Å². The van der Waals surface area contributed by atoms with E-state index in [2.05, 4.69) is 11.4 Å². The largest absolute Gasteiger partial charge is 0.454 e. The minimum Gasteiger partial charge on any atom is -0.454 e. The molecule has 1 heterocycles. The molecule has 0 fully saturated rings. The first kappa shape index (κ1) is 13.3. The monoisotopic (exact) mass is 289 g/mol. The maximum Gasteiger partial charge on any atom is 0.231 e. The Balaban J connectivity index is 1.63. The molecule has 0 radical (unpaired) electrons. The Morgan fingerprint density at radius 1 is 1.15 bits per heavy atom. The van der Waals surface area contributed by atoms with Crippen LogP contribution >= 0.6 is 11.6 Å². The highest BCUT2D eigenvalue weighted by Crippen LogP contribution is 2.35. The molecule has 0 aromatic heterocycles. The van der Waals surface area contributed by atoms with Gasteiger partial charge >= 0.3 is 0 Å². The molecule has 20 heavy (non-hydrogen) atoms. The summed E-state index contributed by atoms with van der Waals surface area (Å²) in [5.41, 5.74) is 3.38. The Bertz CT molecular complexity index is 628. The summed E-state index contributed by atoms with van der Waals surface area (Å²) in [7, 11) is 0. The smallest absolute Gasteiger partial charge is 0.231 e. The van der Waals surface area contributed by atoms with Crippen LogP contribution in [-0.2, 0) is 13.1 Å². The number of halogens is 1. The number of ether oxygens (including phenoxy) is 2. The summed E-state index contributed by atoms with van der Waals surface area (Å²) in [5, 5.41) is 4.21. The molecule has 0 bridgehead atoms. The quantitative estimate of drug-likeness (QED) is 0.931. The van der Waals surface area contributed by atoms with Crippen molar-refractivity contribution in [2.45, 2.75) is 20.0 Å².